The van der Waals surface area contributed by atoms with Crippen LogP contribution in [0.5, 0.6) is 0 Å². The Bertz CT molecular complexity index is 589. The normalized spacial score (nSPS) is 26.5. The minimum Gasteiger partial charge on any atom is -0.392 e. The van der Waals surface area contributed by atoms with Crippen molar-refractivity contribution in [2.45, 2.75) is 38.4 Å². The third-order valence-electron chi connectivity index (χ3n) is 5.23. The maximum atomic E-state index is 10.3. The Hall–Kier alpha value is -1.28. The molecule has 1 heterocycles. The lowest BCUT2D eigenvalue weighted by molar-refractivity contribution is -0.199. The second kappa shape index (κ2) is 6.08. The molecule has 0 unspecified atom stereocenters. The first-order chi connectivity index (χ1) is 10.6. The molecule has 22 heavy (non-hydrogen) atoms. The van der Waals surface area contributed by atoms with Gasteiger partial charge in [-0.1, -0.05) is 17.7 Å². The molecule has 1 saturated carbocycles. The SMILES string of the molecule is CCO[C@H]1C[C@@H](O)C12CCN(c1c(Cl)cccc1C#N)CC2. The molecule has 1 aromatic carbocycles. The van der Waals surface area contributed by atoms with Gasteiger partial charge in [0, 0.05) is 31.5 Å². The van der Waals surface area contributed by atoms with Crippen LogP contribution in [0.15, 0.2) is 18.2 Å². The Morgan fingerprint density at radius 2 is 2.18 bits per heavy atom. The molecular formula is C17H21ClN2O2. The number of anilines is 1. The van der Waals surface area contributed by atoms with Gasteiger partial charge in [-0.25, -0.2) is 0 Å². The molecule has 3 rings (SSSR count). The zero-order chi connectivity index (χ0) is 15.7. The van der Waals surface area contributed by atoms with Crippen LogP contribution in [0.3, 0.4) is 0 Å². The van der Waals surface area contributed by atoms with Gasteiger partial charge in [0.15, 0.2) is 0 Å². The largest absolute Gasteiger partial charge is 0.392 e. The van der Waals surface area contributed by atoms with Gasteiger partial charge in [-0.2, -0.15) is 5.26 Å². The van der Waals surface area contributed by atoms with E-state index in [0.29, 0.717) is 17.2 Å². The van der Waals surface area contributed by atoms with Gasteiger partial charge in [0.25, 0.3) is 0 Å². The molecule has 2 aliphatic rings. The highest BCUT2D eigenvalue weighted by Gasteiger charge is 2.56. The van der Waals surface area contributed by atoms with Gasteiger partial charge in [0.1, 0.15) is 6.07 Å². The monoisotopic (exact) mass is 320 g/mol. The molecule has 0 radical (unpaired) electrons. The lowest BCUT2D eigenvalue weighted by atomic mass is 9.58. The quantitative estimate of drug-likeness (QED) is 0.930. The van der Waals surface area contributed by atoms with Crippen LogP contribution in [0.2, 0.25) is 5.02 Å². The number of aliphatic hydroxyl groups is 1. The number of halogens is 1. The number of nitrogens with zero attached hydrogens (tertiary/aromatic N) is 2. The summed E-state index contributed by atoms with van der Waals surface area (Å²) in [6.45, 7) is 4.26. The van der Waals surface area contributed by atoms with Crippen LogP contribution in [-0.2, 0) is 4.74 Å². The van der Waals surface area contributed by atoms with Crippen molar-refractivity contribution in [3.63, 3.8) is 0 Å². The Kier molecular flexibility index (Phi) is 4.31. The third kappa shape index (κ3) is 2.38. The van der Waals surface area contributed by atoms with Crippen molar-refractivity contribution >= 4 is 17.3 Å². The summed E-state index contributed by atoms with van der Waals surface area (Å²) in [5.41, 5.74) is 1.32. The molecule has 1 aromatic rings. The van der Waals surface area contributed by atoms with Crippen molar-refractivity contribution in [2.24, 2.45) is 5.41 Å². The van der Waals surface area contributed by atoms with Gasteiger partial charge in [0.2, 0.25) is 0 Å². The van der Waals surface area contributed by atoms with Gasteiger partial charge >= 0.3 is 0 Å². The van der Waals surface area contributed by atoms with Crippen LogP contribution in [-0.4, -0.2) is 37.0 Å². The number of para-hydroxylation sites is 1. The van der Waals surface area contributed by atoms with Crippen molar-refractivity contribution in [3.05, 3.63) is 28.8 Å². The Balaban J connectivity index is 1.77. The van der Waals surface area contributed by atoms with E-state index in [2.05, 4.69) is 11.0 Å². The van der Waals surface area contributed by atoms with Crippen molar-refractivity contribution in [1.29, 1.82) is 5.26 Å². The molecule has 5 heteroatoms. The van der Waals surface area contributed by atoms with Gasteiger partial charge in [-0.05, 0) is 31.9 Å². The molecule has 118 valence electrons. The molecule has 1 aliphatic carbocycles. The first-order valence-corrected chi connectivity index (χ1v) is 8.23. The number of hydrogen-bond donors (Lipinski definition) is 1. The maximum Gasteiger partial charge on any atom is 0.101 e. The molecule has 0 aromatic heterocycles. The van der Waals surface area contributed by atoms with E-state index in [9.17, 15) is 10.4 Å². The fraction of sp³-hybridized carbons (Fsp3) is 0.588. The summed E-state index contributed by atoms with van der Waals surface area (Å²) in [7, 11) is 0. The summed E-state index contributed by atoms with van der Waals surface area (Å²) in [5.74, 6) is 0. The fourth-order valence-electron chi connectivity index (χ4n) is 3.89. The minimum absolute atomic E-state index is 0.111. The molecule has 1 N–H and O–H groups in total. The molecule has 2 atom stereocenters. The minimum atomic E-state index is -0.270. The van der Waals surface area contributed by atoms with E-state index in [1.54, 1.807) is 12.1 Å². The average molecular weight is 321 g/mol. The molecular weight excluding hydrogens is 300 g/mol. The van der Waals surface area contributed by atoms with Gasteiger partial charge in [-0.3, -0.25) is 0 Å². The highest BCUT2D eigenvalue weighted by molar-refractivity contribution is 6.33. The number of benzene rings is 1. The van der Waals surface area contributed by atoms with Crippen LogP contribution >= 0.6 is 11.6 Å². The number of aliphatic hydroxyl groups excluding tert-OH is 1. The standard InChI is InChI=1S/C17H21ClN2O2/c1-2-22-15-10-14(21)17(15)6-8-20(9-7-17)16-12(11-19)4-3-5-13(16)18/h3-5,14-15,21H,2,6-10H2,1H3/t14-,15+/m1/s1. The van der Waals surface area contributed by atoms with Crippen LogP contribution in [0, 0.1) is 16.7 Å². The number of hydrogen-bond acceptors (Lipinski definition) is 4. The molecule has 0 amide bonds. The van der Waals surface area contributed by atoms with Crippen molar-refractivity contribution in [3.8, 4) is 6.07 Å². The fourth-order valence-corrected chi connectivity index (χ4v) is 4.18. The van der Waals surface area contributed by atoms with E-state index in [1.807, 2.05) is 13.0 Å². The smallest absolute Gasteiger partial charge is 0.101 e. The van der Waals surface area contributed by atoms with E-state index < -0.39 is 0 Å². The second-order valence-electron chi connectivity index (χ2n) is 6.16. The van der Waals surface area contributed by atoms with Crippen LogP contribution in [0.4, 0.5) is 5.69 Å². The van der Waals surface area contributed by atoms with Gasteiger partial charge < -0.3 is 14.7 Å². The predicted octanol–water partition coefficient (Wildman–Crippen LogP) is 2.97. The number of nitriles is 1. The second-order valence-corrected chi connectivity index (χ2v) is 6.57. The number of ether oxygens (including phenoxy) is 1. The van der Waals surface area contributed by atoms with Crippen LogP contribution < -0.4 is 4.90 Å². The average Bonchev–Trinajstić information content (AvgIpc) is 2.54. The Labute approximate surface area is 136 Å². The highest BCUT2D eigenvalue weighted by atomic mass is 35.5. The van der Waals surface area contributed by atoms with E-state index in [1.165, 1.54) is 0 Å². The summed E-state index contributed by atoms with van der Waals surface area (Å²) >= 11 is 6.30. The van der Waals surface area contributed by atoms with E-state index in [0.717, 1.165) is 38.0 Å². The zero-order valence-corrected chi connectivity index (χ0v) is 13.5. The van der Waals surface area contributed by atoms with Gasteiger partial charge in [-0.15, -0.1) is 0 Å². The number of piperidine rings is 1. The summed E-state index contributed by atoms with van der Waals surface area (Å²) in [4.78, 5) is 2.17. The Morgan fingerprint density at radius 1 is 1.45 bits per heavy atom. The van der Waals surface area contributed by atoms with Crippen molar-refractivity contribution in [2.75, 3.05) is 24.6 Å². The molecule has 2 fully saturated rings. The lowest BCUT2D eigenvalue weighted by Gasteiger charge is -2.57. The summed E-state index contributed by atoms with van der Waals surface area (Å²) < 4.78 is 5.79. The topological polar surface area (TPSA) is 56.5 Å². The first-order valence-electron chi connectivity index (χ1n) is 7.85. The van der Waals surface area contributed by atoms with Gasteiger partial charge in [0.05, 0.1) is 28.5 Å². The van der Waals surface area contributed by atoms with E-state index in [4.69, 9.17) is 16.3 Å². The molecule has 1 saturated heterocycles. The Morgan fingerprint density at radius 3 is 2.77 bits per heavy atom. The summed E-state index contributed by atoms with van der Waals surface area (Å²) in [5, 5.41) is 20.2. The molecule has 1 spiro atoms. The molecule has 0 bridgehead atoms. The van der Waals surface area contributed by atoms with E-state index in [-0.39, 0.29) is 17.6 Å². The van der Waals surface area contributed by atoms with E-state index >= 15 is 0 Å². The summed E-state index contributed by atoms with van der Waals surface area (Å²) in [6, 6.07) is 7.64. The number of rotatable bonds is 3. The van der Waals surface area contributed by atoms with Crippen molar-refractivity contribution in [1.82, 2.24) is 0 Å². The zero-order valence-electron chi connectivity index (χ0n) is 12.8. The maximum absolute atomic E-state index is 10.3. The first kappa shape index (κ1) is 15.6. The lowest BCUT2D eigenvalue weighted by Crippen LogP contribution is -2.62. The van der Waals surface area contributed by atoms with Crippen LogP contribution in [0.25, 0.3) is 0 Å². The summed E-state index contributed by atoms with van der Waals surface area (Å²) in [6.07, 6.45) is 2.37. The van der Waals surface area contributed by atoms with Crippen molar-refractivity contribution < 1.29 is 9.84 Å². The molecule has 4 nitrogen and oxygen atoms in total. The highest BCUT2D eigenvalue weighted by Crippen LogP contribution is 2.51. The molecule has 1 aliphatic heterocycles. The van der Waals surface area contributed by atoms with Crippen LogP contribution in [0.1, 0.15) is 31.7 Å². The predicted molar refractivity (Wildman–Crippen MR) is 86.1 cm³/mol. The third-order valence-corrected chi connectivity index (χ3v) is 5.53.